The van der Waals surface area contributed by atoms with Crippen LogP contribution < -0.4 is 5.32 Å². The maximum Gasteiger partial charge on any atom is 0.0512 e. The lowest BCUT2D eigenvalue weighted by atomic mass is 10.1. The molecular weight excluding hydrogens is 208 g/mol. The van der Waals surface area contributed by atoms with Gasteiger partial charge in [0.15, 0.2) is 0 Å². The predicted octanol–water partition coefficient (Wildman–Crippen LogP) is 2.89. The van der Waals surface area contributed by atoms with Gasteiger partial charge in [0.2, 0.25) is 0 Å². The molecule has 0 atom stereocenters. The zero-order valence-electron chi connectivity index (χ0n) is 11.1. The quantitative estimate of drug-likeness (QED) is 0.782. The molecule has 17 heavy (non-hydrogen) atoms. The van der Waals surface area contributed by atoms with E-state index < -0.39 is 0 Å². The summed E-state index contributed by atoms with van der Waals surface area (Å²) >= 11 is 0. The van der Waals surface area contributed by atoms with Crippen molar-refractivity contribution in [3.63, 3.8) is 0 Å². The van der Waals surface area contributed by atoms with Crippen LogP contribution in [0.3, 0.4) is 0 Å². The van der Waals surface area contributed by atoms with Crippen molar-refractivity contribution in [3.05, 3.63) is 35.5 Å². The number of hydrogen-bond acceptors (Lipinski definition) is 1. The van der Waals surface area contributed by atoms with Gasteiger partial charge in [0, 0.05) is 18.6 Å². The number of aromatic nitrogens is 1. The molecule has 0 fully saturated rings. The number of para-hydroxylation sites is 1. The molecule has 0 bridgehead atoms. The van der Waals surface area contributed by atoms with Crippen molar-refractivity contribution in [2.45, 2.75) is 26.7 Å². The summed E-state index contributed by atoms with van der Waals surface area (Å²) < 4.78 is 2.27. The number of fused-ring (bicyclic) bond motifs is 1. The first kappa shape index (κ1) is 12.2. The SMILES string of the molecule is CCNCCc1cn(C)c2c(CC)cccc12. The van der Waals surface area contributed by atoms with Crippen molar-refractivity contribution in [1.29, 1.82) is 0 Å². The predicted molar refractivity (Wildman–Crippen MR) is 74.5 cm³/mol. The Bertz CT molecular complexity index is 497. The standard InChI is InChI=1S/C15H22N2/c1-4-12-7-6-8-14-13(9-10-16-5-2)11-17(3)15(12)14/h6-8,11,16H,4-5,9-10H2,1-3H3. The van der Waals surface area contributed by atoms with E-state index in [-0.39, 0.29) is 0 Å². The molecule has 92 valence electrons. The molecule has 0 saturated carbocycles. The highest BCUT2D eigenvalue weighted by molar-refractivity contribution is 5.86. The third kappa shape index (κ3) is 2.37. The van der Waals surface area contributed by atoms with Crippen LogP contribution in [0.1, 0.15) is 25.0 Å². The van der Waals surface area contributed by atoms with Crippen LogP contribution in [0.4, 0.5) is 0 Å². The number of benzene rings is 1. The van der Waals surface area contributed by atoms with Gasteiger partial charge in [0.05, 0.1) is 5.52 Å². The second-order valence-electron chi connectivity index (χ2n) is 4.54. The van der Waals surface area contributed by atoms with E-state index >= 15 is 0 Å². The summed E-state index contributed by atoms with van der Waals surface area (Å²) in [6.07, 6.45) is 4.49. The van der Waals surface area contributed by atoms with Gasteiger partial charge in [-0.2, -0.15) is 0 Å². The van der Waals surface area contributed by atoms with Crippen molar-refractivity contribution in [2.24, 2.45) is 7.05 Å². The molecule has 0 spiro atoms. The Labute approximate surface area is 104 Å². The van der Waals surface area contributed by atoms with E-state index in [1.165, 1.54) is 22.0 Å². The highest BCUT2D eigenvalue weighted by atomic mass is 14.9. The van der Waals surface area contributed by atoms with Crippen LogP contribution in [-0.4, -0.2) is 17.7 Å². The van der Waals surface area contributed by atoms with Crippen LogP contribution in [0.5, 0.6) is 0 Å². The molecule has 1 aromatic heterocycles. The summed E-state index contributed by atoms with van der Waals surface area (Å²) in [7, 11) is 2.15. The lowest BCUT2D eigenvalue weighted by molar-refractivity contribution is 0.717. The smallest absolute Gasteiger partial charge is 0.0512 e. The molecule has 0 aliphatic rings. The van der Waals surface area contributed by atoms with Gasteiger partial charge in [-0.3, -0.25) is 0 Å². The zero-order chi connectivity index (χ0) is 12.3. The minimum atomic E-state index is 1.05. The molecule has 1 N–H and O–H groups in total. The highest BCUT2D eigenvalue weighted by Gasteiger charge is 2.08. The molecule has 0 unspecified atom stereocenters. The van der Waals surface area contributed by atoms with Crippen LogP contribution in [0, 0.1) is 0 Å². The van der Waals surface area contributed by atoms with Gasteiger partial charge in [0.25, 0.3) is 0 Å². The van der Waals surface area contributed by atoms with Crippen molar-refractivity contribution >= 4 is 10.9 Å². The molecule has 1 aromatic carbocycles. The van der Waals surface area contributed by atoms with Gasteiger partial charge in [-0.1, -0.05) is 32.0 Å². The molecule has 2 nitrogen and oxygen atoms in total. The zero-order valence-corrected chi connectivity index (χ0v) is 11.1. The average Bonchev–Trinajstić information content (AvgIpc) is 2.67. The van der Waals surface area contributed by atoms with E-state index in [1.807, 2.05) is 0 Å². The lowest BCUT2D eigenvalue weighted by Crippen LogP contribution is -2.15. The van der Waals surface area contributed by atoms with E-state index in [0.717, 1.165) is 25.9 Å². The van der Waals surface area contributed by atoms with Gasteiger partial charge in [-0.15, -0.1) is 0 Å². The minimum Gasteiger partial charge on any atom is -0.350 e. The Balaban J connectivity index is 2.38. The third-order valence-corrected chi connectivity index (χ3v) is 3.37. The molecule has 0 amide bonds. The van der Waals surface area contributed by atoms with E-state index in [1.54, 1.807) is 0 Å². The van der Waals surface area contributed by atoms with Crippen LogP contribution in [-0.2, 0) is 19.9 Å². The highest BCUT2D eigenvalue weighted by Crippen LogP contribution is 2.24. The maximum atomic E-state index is 3.39. The second kappa shape index (κ2) is 5.37. The summed E-state index contributed by atoms with van der Waals surface area (Å²) in [6.45, 7) is 6.48. The molecule has 1 heterocycles. The number of nitrogens with one attached hydrogen (secondary N) is 1. The normalized spacial score (nSPS) is 11.2. The van der Waals surface area contributed by atoms with Gasteiger partial charge < -0.3 is 9.88 Å². The summed E-state index contributed by atoms with van der Waals surface area (Å²) in [5, 5.41) is 4.81. The van der Waals surface area contributed by atoms with E-state index in [2.05, 4.69) is 55.2 Å². The minimum absolute atomic E-state index is 1.05. The van der Waals surface area contributed by atoms with E-state index in [9.17, 15) is 0 Å². The number of rotatable bonds is 5. The first-order valence-corrected chi connectivity index (χ1v) is 6.54. The molecule has 2 aromatic rings. The largest absolute Gasteiger partial charge is 0.350 e. The molecule has 0 saturated heterocycles. The second-order valence-corrected chi connectivity index (χ2v) is 4.54. The fraction of sp³-hybridized carbons (Fsp3) is 0.467. The first-order chi connectivity index (χ1) is 8.27. The third-order valence-electron chi connectivity index (χ3n) is 3.37. The van der Waals surface area contributed by atoms with Gasteiger partial charge >= 0.3 is 0 Å². The van der Waals surface area contributed by atoms with Crippen molar-refractivity contribution < 1.29 is 0 Å². The Morgan fingerprint density at radius 1 is 1.18 bits per heavy atom. The average molecular weight is 230 g/mol. The molecule has 0 aliphatic carbocycles. The Morgan fingerprint density at radius 2 is 2.00 bits per heavy atom. The van der Waals surface area contributed by atoms with Crippen LogP contribution >= 0.6 is 0 Å². The fourth-order valence-corrected chi connectivity index (χ4v) is 2.52. The van der Waals surface area contributed by atoms with E-state index in [4.69, 9.17) is 0 Å². The number of hydrogen-bond donors (Lipinski definition) is 1. The topological polar surface area (TPSA) is 17.0 Å². The summed E-state index contributed by atoms with van der Waals surface area (Å²) in [5.74, 6) is 0. The van der Waals surface area contributed by atoms with E-state index in [0.29, 0.717) is 0 Å². The molecular formula is C15H22N2. The lowest BCUT2D eigenvalue weighted by Gasteiger charge is -2.03. The van der Waals surface area contributed by atoms with Crippen LogP contribution in [0.15, 0.2) is 24.4 Å². The Hall–Kier alpha value is -1.28. The number of nitrogens with zero attached hydrogens (tertiary/aromatic N) is 1. The Morgan fingerprint density at radius 3 is 2.71 bits per heavy atom. The van der Waals surface area contributed by atoms with Crippen molar-refractivity contribution in [1.82, 2.24) is 9.88 Å². The number of aryl methyl sites for hydroxylation is 2. The summed E-state index contributed by atoms with van der Waals surface area (Å²) in [6, 6.07) is 6.66. The number of likely N-dealkylation sites (N-methyl/N-ethyl adjacent to an activating group) is 1. The van der Waals surface area contributed by atoms with Crippen LogP contribution in [0.25, 0.3) is 10.9 Å². The molecule has 0 aliphatic heterocycles. The summed E-state index contributed by atoms with van der Waals surface area (Å²) in [4.78, 5) is 0. The van der Waals surface area contributed by atoms with Crippen molar-refractivity contribution in [2.75, 3.05) is 13.1 Å². The maximum absolute atomic E-state index is 3.39. The molecule has 2 rings (SSSR count). The van der Waals surface area contributed by atoms with Crippen LogP contribution in [0.2, 0.25) is 0 Å². The first-order valence-electron chi connectivity index (χ1n) is 6.54. The fourth-order valence-electron chi connectivity index (χ4n) is 2.52. The van der Waals surface area contributed by atoms with Crippen molar-refractivity contribution in [3.8, 4) is 0 Å². The summed E-state index contributed by atoms with van der Waals surface area (Å²) in [5.41, 5.74) is 4.31. The molecule has 2 heteroatoms. The van der Waals surface area contributed by atoms with Gasteiger partial charge in [0.1, 0.15) is 0 Å². The Kier molecular flexibility index (Phi) is 3.85. The molecule has 0 radical (unpaired) electrons. The van der Waals surface area contributed by atoms with Gasteiger partial charge in [-0.25, -0.2) is 0 Å². The monoisotopic (exact) mass is 230 g/mol. The van der Waals surface area contributed by atoms with Gasteiger partial charge in [-0.05, 0) is 37.1 Å².